The van der Waals surface area contributed by atoms with Crippen molar-refractivity contribution in [1.29, 1.82) is 0 Å². The van der Waals surface area contributed by atoms with Crippen LogP contribution in [0.15, 0.2) is 23.0 Å². The average molecular weight is 533 g/mol. The van der Waals surface area contributed by atoms with Crippen molar-refractivity contribution in [3.63, 3.8) is 0 Å². The van der Waals surface area contributed by atoms with E-state index in [0.717, 1.165) is 6.42 Å². The van der Waals surface area contributed by atoms with Gasteiger partial charge in [-0.1, -0.05) is 34.1 Å². The number of carbonyl (C=O) groups excluding carboxylic acids is 3. The van der Waals surface area contributed by atoms with Crippen LogP contribution in [-0.4, -0.2) is 63.4 Å². The highest BCUT2D eigenvalue weighted by atomic mass is 16.5. The van der Waals surface area contributed by atoms with Crippen molar-refractivity contribution in [2.45, 2.75) is 123 Å². The predicted octanol–water partition coefficient (Wildman–Crippen LogP) is 3.82. The summed E-state index contributed by atoms with van der Waals surface area (Å²) < 4.78 is 18.4. The molecule has 212 valence electrons. The Morgan fingerprint density at radius 2 is 1.87 bits per heavy atom. The maximum absolute atomic E-state index is 13.8. The second kappa shape index (κ2) is 9.86. The average Bonchev–Trinajstić information content (AvgIpc) is 2.81. The molecule has 38 heavy (non-hydrogen) atoms. The second-order valence-corrected chi connectivity index (χ2v) is 13.0. The number of ketones is 2. The smallest absolute Gasteiger partial charge is 0.302 e. The fraction of sp³-hybridized carbons (Fsp3) is 0.767. The number of rotatable bonds is 6. The summed E-state index contributed by atoms with van der Waals surface area (Å²) in [6.45, 7) is 14.5. The number of aliphatic hydroxyl groups is 2. The van der Waals surface area contributed by atoms with Crippen LogP contribution in [0.2, 0.25) is 0 Å². The van der Waals surface area contributed by atoms with Gasteiger partial charge in [0, 0.05) is 29.7 Å². The number of hydrogen-bond donors (Lipinski definition) is 2. The predicted molar refractivity (Wildman–Crippen MR) is 140 cm³/mol. The zero-order chi connectivity index (χ0) is 28.4. The molecule has 8 heteroatoms. The van der Waals surface area contributed by atoms with Gasteiger partial charge in [0.1, 0.15) is 11.7 Å². The van der Waals surface area contributed by atoms with E-state index in [2.05, 4.69) is 6.92 Å². The molecular formula is C30H44O8. The fourth-order valence-electron chi connectivity index (χ4n) is 7.46. The van der Waals surface area contributed by atoms with E-state index in [-0.39, 0.29) is 35.0 Å². The Morgan fingerprint density at radius 1 is 1.21 bits per heavy atom. The van der Waals surface area contributed by atoms with Gasteiger partial charge in [-0.15, -0.1) is 0 Å². The van der Waals surface area contributed by atoms with Gasteiger partial charge in [-0.2, -0.15) is 0 Å². The first kappa shape index (κ1) is 29.0. The third-order valence-corrected chi connectivity index (χ3v) is 9.77. The van der Waals surface area contributed by atoms with Gasteiger partial charge in [0.25, 0.3) is 0 Å². The van der Waals surface area contributed by atoms with E-state index in [9.17, 15) is 24.6 Å². The number of hydrogen-bond acceptors (Lipinski definition) is 8. The van der Waals surface area contributed by atoms with Gasteiger partial charge >= 0.3 is 5.97 Å². The van der Waals surface area contributed by atoms with Crippen LogP contribution in [0, 0.1) is 23.2 Å². The zero-order valence-corrected chi connectivity index (χ0v) is 24.0. The summed E-state index contributed by atoms with van der Waals surface area (Å²) >= 11 is 0. The van der Waals surface area contributed by atoms with Crippen molar-refractivity contribution < 1.29 is 38.8 Å². The quantitative estimate of drug-likeness (QED) is 0.391. The molecule has 2 N–H and O–H groups in total. The molecule has 0 aromatic carbocycles. The normalized spacial score (nSPS) is 37.7. The summed E-state index contributed by atoms with van der Waals surface area (Å²) in [5.74, 6) is -2.41. The van der Waals surface area contributed by atoms with Crippen LogP contribution in [0.5, 0.6) is 0 Å². The van der Waals surface area contributed by atoms with Gasteiger partial charge in [0.05, 0.1) is 29.5 Å². The number of allylic oxidation sites excluding steroid dienone is 2. The number of aliphatic hydroxyl groups excluding tert-OH is 1. The monoisotopic (exact) mass is 532 g/mol. The summed E-state index contributed by atoms with van der Waals surface area (Å²) in [5, 5.41) is 22.3. The van der Waals surface area contributed by atoms with Crippen molar-refractivity contribution in [2.24, 2.45) is 23.2 Å². The van der Waals surface area contributed by atoms with Gasteiger partial charge in [0.2, 0.25) is 5.78 Å². The highest BCUT2D eigenvalue weighted by molar-refractivity contribution is 6.22. The van der Waals surface area contributed by atoms with Crippen molar-refractivity contribution in [2.75, 3.05) is 0 Å². The van der Waals surface area contributed by atoms with E-state index in [1.807, 2.05) is 20.8 Å². The molecule has 4 aliphatic rings. The van der Waals surface area contributed by atoms with E-state index in [0.29, 0.717) is 25.7 Å². The van der Waals surface area contributed by atoms with Crippen molar-refractivity contribution in [1.82, 2.24) is 0 Å². The molecule has 0 aromatic heterocycles. The Balaban J connectivity index is 1.67. The summed E-state index contributed by atoms with van der Waals surface area (Å²) in [6.07, 6.45) is 2.21. The largest absolute Gasteiger partial charge is 0.482 e. The molecule has 9 atom stereocenters. The minimum atomic E-state index is -1.19. The molecule has 0 radical (unpaired) electrons. The lowest BCUT2D eigenvalue weighted by molar-refractivity contribution is -0.260. The number of Topliss-reactive ketones (excluding diaryl/α,β-unsaturated/α-hetero) is 1. The van der Waals surface area contributed by atoms with Crippen LogP contribution in [0.1, 0.15) is 87.5 Å². The fourth-order valence-corrected chi connectivity index (χ4v) is 7.46. The first-order valence-corrected chi connectivity index (χ1v) is 14.0. The summed E-state index contributed by atoms with van der Waals surface area (Å²) in [7, 11) is 0. The Bertz CT molecular complexity index is 1070. The Kier molecular flexibility index (Phi) is 7.52. The number of fused-ring (bicyclic) bond motifs is 3. The number of carbonyl (C=O) groups is 3. The van der Waals surface area contributed by atoms with E-state index < -0.39 is 58.2 Å². The highest BCUT2D eigenvalue weighted by Crippen LogP contribution is 2.59. The van der Waals surface area contributed by atoms with Gasteiger partial charge in [-0.05, 0) is 58.4 Å². The third kappa shape index (κ3) is 4.66. The standard InChI is InChI=1S/C30H44O8/c1-9-15(2)25(36-17(4)31)16(3)18-14-19(32)22-24(34)27-29(7)12-10-20(28(5,6)35)37-21(29)11-13-30(27,8)38-26(22)23(18)33/h14-16,20-21,24-25,27,34-35H,9-13H2,1-8H3/t15-,16-,20+,21?,24?,25+,27?,29?,30?/m0/s1. The molecule has 0 amide bonds. The minimum absolute atomic E-state index is 0.00693. The molecule has 0 spiro atoms. The van der Waals surface area contributed by atoms with Crippen LogP contribution in [0.3, 0.4) is 0 Å². The molecular weight excluding hydrogens is 488 g/mol. The van der Waals surface area contributed by atoms with Crippen LogP contribution in [-0.2, 0) is 28.6 Å². The Labute approximate surface area is 225 Å². The van der Waals surface area contributed by atoms with Crippen LogP contribution >= 0.6 is 0 Å². The molecule has 0 bridgehead atoms. The second-order valence-electron chi connectivity index (χ2n) is 13.0. The summed E-state index contributed by atoms with van der Waals surface area (Å²) in [6, 6.07) is 0. The minimum Gasteiger partial charge on any atom is -0.482 e. The van der Waals surface area contributed by atoms with E-state index >= 15 is 0 Å². The van der Waals surface area contributed by atoms with E-state index in [1.54, 1.807) is 20.8 Å². The lowest BCUT2D eigenvalue weighted by Gasteiger charge is -2.61. The van der Waals surface area contributed by atoms with Gasteiger partial charge in [-0.3, -0.25) is 14.4 Å². The van der Waals surface area contributed by atoms with Gasteiger partial charge < -0.3 is 24.4 Å². The maximum Gasteiger partial charge on any atom is 0.302 e. The SMILES string of the molecule is CC[C@H](C)[C@@H](OC(C)=O)[C@@H](C)C1=CC(=O)C2=C(OC3(C)CCC4O[C@@H](C(C)(C)O)CCC4(C)C3C2O)C1=O. The van der Waals surface area contributed by atoms with Crippen LogP contribution in [0.4, 0.5) is 0 Å². The van der Waals surface area contributed by atoms with Crippen molar-refractivity contribution >= 4 is 17.5 Å². The summed E-state index contributed by atoms with van der Waals surface area (Å²) in [5.41, 5.74) is -2.12. The first-order valence-electron chi connectivity index (χ1n) is 14.0. The topological polar surface area (TPSA) is 119 Å². The zero-order valence-electron chi connectivity index (χ0n) is 24.0. The molecule has 5 unspecified atom stereocenters. The summed E-state index contributed by atoms with van der Waals surface area (Å²) in [4.78, 5) is 39.1. The third-order valence-electron chi connectivity index (χ3n) is 9.77. The molecule has 2 heterocycles. The van der Waals surface area contributed by atoms with Crippen LogP contribution in [0.25, 0.3) is 0 Å². The number of ether oxygens (including phenoxy) is 3. The molecule has 1 saturated carbocycles. The lowest BCUT2D eigenvalue weighted by Crippen LogP contribution is -2.66. The highest BCUT2D eigenvalue weighted by Gasteiger charge is 2.64. The molecule has 8 nitrogen and oxygen atoms in total. The lowest BCUT2D eigenvalue weighted by atomic mass is 9.52. The van der Waals surface area contributed by atoms with Gasteiger partial charge in [0.15, 0.2) is 11.5 Å². The molecule has 0 aromatic rings. The maximum atomic E-state index is 13.8. The molecule has 2 aliphatic heterocycles. The molecule has 2 aliphatic carbocycles. The first-order chi connectivity index (χ1) is 17.5. The molecule has 4 rings (SSSR count). The van der Waals surface area contributed by atoms with Crippen LogP contribution < -0.4 is 0 Å². The van der Waals surface area contributed by atoms with E-state index in [1.165, 1.54) is 13.0 Å². The molecule has 2 fully saturated rings. The van der Waals surface area contributed by atoms with Crippen molar-refractivity contribution in [3.05, 3.63) is 23.0 Å². The Morgan fingerprint density at radius 3 is 2.45 bits per heavy atom. The Hall–Kier alpha value is -2.03. The molecule has 1 saturated heterocycles. The van der Waals surface area contributed by atoms with Crippen molar-refractivity contribution in [3.8, 4) is 0 Å². The number of esters is 1. The van der Waals surface area contributed by atoms with Gasteiger partial charge in [-0.25, -0.2) is 0 Å². The van der Waals surface area contributed by atoms with E-state index in [4.69, 9.17) is 14.2 Å².